The first-order valence-electron chi connectivity index (χ1n) is 8.86. The van der Waals surface area contributed by atoms with Gasteiger partial charge in [-0.15, -0.1) is 0 Å². The van der Waals surface area contributed by atoms with Crippen molar-refractivity contribution in [2.75, 3.05) is 20.1 Å². The average Bonchev–Trinajstić information content (AvgIpc) is 2.75. The molecule has 3 rings (SSSR count). The van der Waals surface area contributed by atoms with Gasteiger partial charge in [-0.2, -0.15) is 0 Å². The predicted octanol–water partition coefficient (Wildman–Crippen LogP) is 2.57. The maximum Gasteiger partial charge on any atom is 0.491 e. The Bertz CT molecular complexity index is 624. The van der Waals surface area contributed by atoms with Crippen LogP contribution < -0.4 is 10.6 Å². The molecule has 1 saturated heterocycles. The van der Waals surface area contributed by atoms with Crippen molar-refractivity contribution in [1.29, 1.82) is 0 Å². The Balaban J connectivity index is 1.94. The van der Waals surface area contributed by atoms with Gasteiger partial charge in [-0.3, -0.25) is 0 Å². The molecule has 1 aromatic carbocycles. The molecule has 2 heterocycles. The van der Waals surface area contributed by atoms with Crippen LogP contribution in [0.4, 0.5) is 0 Å². The van der Waals surface area contributed by atoms with Crippen molar-refractivity contribution in [2.45, 2.75) is 51.9 Å². The van der Waals surface area contributed by atoms with Crippen molar-refractivity contribution in [1.82, 2.24) is 10.6 Å². The number of benzene rings is 1. The predicted molar refractivity (Wildman–Crippen MR) is 99.8 cm³/mol. The summed E-state index contributed by atoms with van der Waals surface area (Å²) >= 11 is 0. The molecule has 0 bridgehead atoms. The zero-order chi connectivity index (χ0) is 17.4. The summed E-state index contributed by atoms with van der Waals surface area (Å²) in [5.41, 5.74) is 4.64. The summed E-state index contributed by atoms with van der Waals surface area (Å²) < 4.78 is 12.5. The number of rotatable bonds is 4. The fourth-order valence-electron chi connectivity index (χ4n) is 3.30. The Morgan fingerprint density at radius 1 is 1.25 bits per heavy atom. The van der Waals surface area contributed by atoms with Crippen LogP contribution in [-0.4, -0.2) is 38.5 Å². The standard InChI is InChI=1S/C19H29BN2O2/c1-18(2)19(3,4)24-20(23-18)16(13-21-5)11-14-7-6-8-15-12-22-10-9-17(14)15/h6-8,11,21-22H,9-10,12-13H2,1-5H3. The first kappa shape index (κ1) is 17.7. The van der Waals surface area contributed by atoms with Crippen LogP contribution in [0, 0.1) is 0 Å². The second-order valence-corrected chi connectivity index (χ2v) is 7.75. The van der Waals surface area contributed by atoms with Gasteiger partial charge in [-0.05, 0) is 69.9 Å². The summed E-state index contributed by atoms with van der Waals surface area (Å²) in [4.78, 5) is 0. The molecule has 0 saturated carbocycles. The molecule has 2 aliphatic rings. The van der Waals surface area contributed by atoms with Gasteiger partial charge in [0.25, 0.3) is 0 Å². The second-order valence-electron chi connectivity index (χ2n) is 7.75. The first-order chi connectivity index (χ1) is 11.3. The molecule has 4 nitrogen and oxygen atoms in total. The van der Waals surface area contributed by atoms with Gasteiger partial charge < -0.3 is 19.9 Å². The third-order valence-corrected chi connectivity index (χ3v) is 5.45. The molecule has 1 aromatic rings. The molecule has 24 heavy (non-hydrogen) atoms. The van der Waals surface area contributed by atoms with Crippen LogP contribution in [-0.2, 0) is 22.3 Å². The molecular weight excluding hydrogens is 299 g/mol. The van der Waals surface area contributed by atoms with Crippen LogP contribution in [0.5, 0.6) is 0 Å². The number of fused-ring (bicyclic) bond motifs is 1. The van der Waals surface area contributed by atoms with E-state index in [0.717, 1.165) is 31.5 Å². The van der Waals surface area contributed by atoms with Crippen LogP contribution in [0.1, 0.15) is 44.4 Å². The number of hydrogen-bond acceptors (Lipinski definition) is 4. The molecule has 2 N–H and O–H groups in total. The average molecular weight is 328 g/mol. The topological polar surface area (TPSA) is 42.5 Å². The first-order valence-corrected chi connectivity index (χ1v) is 8.86. The maximum atomic E-state index is 6.25. The molecule has 0 unspecified atom stereocenters. The molecule has 0 aliphatic carbocycles. The van der Waals surface area contributed by atoms with Gasteiger partial charge in [-0.25, -0.2) is 0 Å². The second kappa shape index (κ2) is 6.64. The quantitative estimate of drug-likeness (QED) is 0.834. The Morgan fingerprint density at radius 2 is 1.96 bits per heavy atom. The molecule has 1 fully saturated rings. The van der Waals surface area contributed by atoms with Gasteiger partial charge in [0.15, 0.2) is 0 Å². The third kappa shape index (κ3) is 3.31. The lowest BCUT2D eigenvalue weighted by Crippen LogP contribution is -2.41. The maximum absolute atomic E-state index is 6.25. The highest BCUT2D eigenvalue weighted by atomic mass is 16.7. The van der Waals surface area contributed by atoms with Crippen molar-refractivity contribution in [3.8, 4) is 0 Å². The summed E-state index contributed by atoms with van der Waals surface area (Å²) in [5.74, 6) is 0. The van der Waals surface area contributed by atoms with Crippen molar-refractivity contribution < 1.29 is 9.31 Å². The van der Waals surface area contributed by atoms with E-state index in [1.54, 1.807) is 0 Å². The van der Waals surface area contributed by atoms with Gasteiger partial charge in [0.1, 0.15) is 0 Å². The van der Waals surface area contributed by atoms with E-state index in [-0.39, 0.29) is 18.3 Å². The molecule has 0 spiro atoms. The van der Waals surface area contributed by atoms with Gasteiger partial charge in [0.05, 0.1) is 11.2 Å². The highest BCUT2D eigenvalue weighted by molar-refractivity contribution is 6.55. The van der Waals surface area contributed by atoms with Gasteiger partial charge in [-0.1, -0.05) is 24.3 Å². The minimum Gasteiger partial charge on any atom is -0.400 e. The monoisotopic (exact) mass is 328 g/mol. The van der Waals surface area contributed by atoms with Crippen LogP contribution >= 0.6 is 0 Å². The molecule has 0 aromatic heterocycles. The fourth-order valence-corrected chi connectivity index (χ4v) is 3.30. The lowest BCUT2D eigenvalue weighted by Gasteiger charge is -2.32. The minimum absolute atomic E-state index is 0.306. The molecule has 2 aliphatic heterocycles. The van der Waals surface area contributed by atoms with Crippen LogP contribution in [0.3, 0.4) is 0 Å². The van der Waals surface area contributed by atoms with E-state index in [0.29, 0.717) is 0 Å². The third-order valence-electron chi connectivity index (χ3n) is 5.45. The fraction of sp³-hybridized carbons (Fsp3) is 0.579. The van der Waals surface area contributed by atoms with E-state index in [4.69, 9.17) is 9.31 Å². The molecular formula is C19H29BN2O2. The Kier molecular flexibility index (Phi) is 4.89. The van der Waals surface area contributed by atoms with E-state index >= 15 is 0 Å². The lowest BCUT2D eigenvalue weighted by molar-refractivity contribution is 0.00578. The highest BCUT2D eigenvalue weighted by Crippen LogP contribution is 2.39. The van der Waals surface area contributed by atoms with E-state index < -0.39 is 0 Å². The van der Waals surface area contributed by atoms with E-state index in [2.05, 4.69) is 62.6 Å². The molecule has 5 heteroatoms. The molecule has 130 valence electrons. The van der Waals surface area contributed by atoms with Crippen LogP contribution in [0.15, 0.2) is 23.7 Å². The summed E-state index contributed by atoms with van der Waals surface area (Å²) in [6.45, 7) is 11.1. The largest absolute Gasteiger partial charge is 0.491 e. The van der Waals surface area contributed by atoms with Crippen LogP contribution in [0.25, 0.3) is 6.08 Å². The van der Waals surface area contributed by atoms with Crippen molar-refractivity contribution in [3.63, 3.8) is 0 Å². The van der Waals surface area contributed by atoms with Crippen LogP contribution in [0.2, 0.25) is 0 Å². The minimum atomic E-state index is -0.315. The number of nitrogens with one attached hydrogen (secondary N) is 2. The molecule has 0 amide bonds. The Morgan fingerprint density at radius 3 is 2.62 bits per heavy atom. The van der Waals surface area contributed by atoms with Crippen molar-refractivity contribution in [3.05, 3.63) is 40.4 Å². The number of hydrogen-bond donors (Lipinski definition) is 2. The van der Waals surface area contributed by atoms with Gasteiger partial charge in [0.2, 0.25) is 0 Å². The Labute approximate surface area is 146 Å². The smallest absolute Gasteiger partial charge is 0.400 e. The highest BCUT2D eigenvalue weighted by Gasteiger charge is 2.52. The normalized spacial score (nSPS) is 22.5. The van der Waals surface area contributed by atoms with Crippen molar-refractivity contribution >= 4 is 13.2 Å². The van der Waals surface area contributed by atoms with Gasteiger partial charge in [0, 0.05) is 13.1 Å². The Hall–Kier alpha value is -1.14. The zero-order valence-electron chi connectivity index (χ0n) is 15.5. The van der Waals surface area contributed by atoms with Crippen molar-refractivity contribution in [2.24, 2.45) is 0 Å². The van der Waals surface area contributed by atoms with E-state index in [1.165, 1.54) is 16.7 Å². The van der Waals surface area contributed by atoms with E-state index in [1.807, 2.05) is 7.05 Å². The van der Waals surface area contributed by atoms with Gasteiger partial charge >= 0.3 is 7.12 Å². The molecule has 0 atom stereocenters. The van der Waals surface area contributed by atoms with E-state index in [9.17, 15) is 0 Å². The lowest BCUT2D eigenvalue weighted by atomic mass is 9.76. The summed E-state index contributed by atoms with van der Waals surface area (Å²) in [7, 11) is 1.66. The number of likely N-dealkylation sites (N-methyl/N-ethyl adjacent to an activating group) is 1. The SMILES string of the molecule is CNCC(=Cc1cccc2c1CCNC2)B1OC(C)(C)C(C)(C)O1. The summed E-state index contributed by atoms with van der Waals surface area (Å²) in [6.07, 6.45) is 3.32. The summed E-state index contributed by atoms with van der Waals surface area (Å²) in [5, 5.41) is 6.70. The summed E-state index contributed by atoms with van der Waals surface area (Å²) in [6, 6.07) is 6.55. The molecule has 0 radical (unpaired) electrons. The zero-order valence-corrected chi connectivity index (χ0v) is 15.5.